The Balaban J connectivity index is 1.47. The van der Waals surface area contributed by atoms with Crippen LogP contribution in [0.2, 0.25) is 5.02 Å². The molecular weight excluding hydrogens is 332 g/mol. The Bertz CT molecular complexity index is 738. The molecule has 0 bridgehead atoms. The molecule has 2 amide bonds. The van der Waals surface area contributed by atoms with E-state index in [0.717, 1.165) is 0 Å². The zero-order valence-electron chi connectivity index (χ0n) is 12.8. The zero-order chi connectivity index (χ0) is 16.9. The van der Waals surface area contributed by atoms with Crippen LogP contribution in [0.4, 0.5) is 10.5 Å². The van der Waals surface area contributed by atoms with E-state index in [2.05, 4.69) is 10.6 Å². The lowest BCUT2D eigenvalue weighted by Crippen LogP contribution is -2.30. The van der Waals surface area contributed by atoms with E-state index in [-0.39, 0.29) is 12.8 Å². The number of fused-ring (bicyclic) bond motifs is 1. The van der Waals surface area contributed by atoms with Crippen molar-refractivity contribution in [3.05, 3.63) is 53.1 Å². The topological polar surface area (TPSA) is 79.8 Å². The maximum absolute atomic E-state index is 11.8. The average Bonchev–Trinajstić information content (AvgIpc) is 3.04. The molecular formula is C17H17ClN2O4. The number of anilines is 1. The molecule has 0 radical (unpaired) electrons. The molecule has 6 nitrogen and oxygen atoms in total. The summed E-state index contributed by atoms with van der Waals surface area (Å²) >= 11 is 5.97. The number of halogens is 1. The second kappa shape index (κ2) is 7.42. The summed E-state index contributed by atoms with van der Waals surface area (Å²) in [6.45, 7) is 0.505. The molecule has 0 aromatic heterocycles. The first-order valence-corrected chi connectivity index (χ1v) is 7.88. The van der Waals surface area contributed by atoms with Crippen LogP contribution in [-0.2, 0) is 0 Å². The molecule has 2 aromatic rings. The number of urea groups is 1. The van der Waals surface area contributed by atoms with Crippen LogP contribution in [0, 0.1) is 0 Å². The summed E-state index contributed by atoms with van der Waals surface area (Å²) in [7, 11) is 0. The number of carbonyl (C=O) groups is 1. The van der Waals surface area contributed by atoms with E-state index < -0.39 is 6.10 Å². The Hall–Kier alpha value is -2.44. The molecule has 0 aliphatic carbocycles. The van der Waals surface area contributed by atoms with Crippen molar-refractivity contribution >= 4 is 23.3 Å². The second-order valence-electron chi connectivity index (χ2n) is 5.28. The molecule has 7 heteroatoms. The highest BCUT2D eigenvalue weighted by Crippen LogP contribution is 2.34. The van der Waals surface area contributed by atoms with Crippen molar-refractivity contribution in [3.8, 4) is 11.5 Å². The van der Waals surface area contributed by atoms with Gasteiger partial charge in [0.1, 0.15) is 0 Å². The second-order valence-corrected chi connectivity index (χ2v) is 5.69. The largest absolute Gasteiger partial charge is 0.454 e. The van der Waals surface area contributed by atoms with E-state index in [4.69, 9.17) is 21.1 Å². The standard InChI is InChI=1S/C17H17ClN2O4/c18-12-3-1-2-4-13(12)20-17(22)19-8-7-14(21)11-5-6-15-16(9-11)24-10-23-15/h1-6,9,14,21H,7-8,10H2,(H2,19,20,22)/t14-/m1/s1. The molecule has 1 heterocycles. The van der Waals surface area contributed by atoms with Gasteiger partial charge in [0.25, 0.3) is 0 Å². The molecule has 0 saturated heterocycles. The number of carbonyl (C=O) groups excluding carboxylic acids is 1. The highest BCUT2D eigenvalue weighted by Gasteiger charge is 2.16. The number of aliphatic hydroxyl groups excluding tert-OH is 1. The Kier molecular flexibility index (Phi) is 5.08. The molecule has 24 heavy (non-hydrogen) atoms. The van der Waals surface area contributed by atoms with E-state index in [0.29, 0.717) is 40.7 Å². The van der Waals surface area contributed by atoms with Crippen LogP contribution in [0.1, 0.15) is 18.1 Å². The summed E-state index contributed by atoms with van der Waals surface area (Å²) in [5.74, 6) is 1.29. The lowest BCUT2D eigenvalue weighted by molar-refractivity contribution is 0.165. The Labute approximate surface area is 144 Å². The van der Waals surface area contributed by atoms with Crippen LogP contribution in [0.15, 0.2) is 42.5 Å². The van der Waals surface area contributed by atoms with Crippen molar-refractivity contribution in [2.24, 2.45) is 0 Å². The fourth-order valence-electron chi connectivity index (χ4n) is 2.34. The predicted molar refractivity (Wildman–Crippen MR) is 90.6 cm³/mol. The quantitative estimate of drug-likeness (QED) is 0.774. The molecule has 1 atom stereocenters. The van der Waals surface area contributed by atoms with Gasteiger partial charge < -0.3 is 25.2 Å². The predicted octanol–water partition coefficient (Wildman–Crippen LogP) is 3.31. The number of amides is 2. The molecule has 0 saturated carbocycles. The average molecular weight is 349 g/mol. The van der Waals surface area contributed by atoms with Crippen molar-refractivity contribution in [1.82, 2.24) is 5.32 Å². The van der Waals surface area contributed by atoms with Gasteiger partial charge in [0, 0.05) is 6.54 Å². The maximum Gasteiger partial charge on any atom is 0.319 e. The number of hydrogen-bond acceptors (Lipinski definition) is 4. The summed E-state index contributed by atoms with van der Waals surface area (Å²) < 4.78 is 10.5. The van der Waals surface area contributed by atoms with Gasteiger partial charge in [-0.15, -0.1) is 0 Å². The fourth-order valence-corrected chi connectivity index (χ4v) is 2.52. The van der Waals surface area contributed by atoms with E-state index in [1.807, 2.05) is 0 Å². The minimum atomic E-state index is -0.708. The summed E-state index contributed by atoms with van der Waals surface area (Å²) in [6, 6.07) is 11.9. The number of ether oxygens (including phenoxy) is 2. The molecule has 126 valence electrons. The van der Waals surface area contributed by atoms with Gasteiger partial charge in [0.2, 0.25) is 6.79 Å². The van der Waals surface area contributed by atoms with Crippen LogP contribution in [0.25, 0.3) is 0 Å². The van der Waals surface area contributed by atoms with E-state index in [9.17, 15) is 9.90 Å². The Morgan fingerprint density at radius 3 is 2.83 bits per heavy atom. The minimum Gasteiger partial charge on any atom is -0.454 e. The molecule has 3 N–H and O–H groups in total. The smallest absolute Gasteiger partial charge is 0.319 e. The number of hydrogen-bond donors (Lipinski definition) is 3. The monoisotopic (exact) mass is 348 g/mol. The third-order valence-corrected chi connectivity index (χ3v) is 3.94. The summed E-state index contributed by atoms with van der Waals surface area (Å²) in [6.07, 6.45) is -0.338. The van der Waals surface area contributed by atoms with Crippen molar-refractivity contribution in [1.29, 1.82) is 0 Å². The molecule has 0 unspecified atom stereocenters. The molecule has 1 aliphatic heterocycles. The number of rotatable bonds is 5. The van der Waals surface area contributed by atoms with Crippen molar-refractivity contribution in [2.45, 2.75) is 12.5 Å². The van der Waals surface area contributed by atoms with Gasteiger partial charge in [0.15, 0.2) is 11.5 Å². The van der Waals surface area contributed by atoms with Crippen LogP contribution >= 0.6 is 11.6 Å². The molecule has 0 spiro atoms. The van der Waals surface area contributed by atoms with Crippen LogP contribution < -0.4 is 20.1 Å². The van der Waals surface area contributed by atoms with Gasteiger partial charge in [-0.25, -0.2) is 4.79 Å². The van der Waals surface area contributed by atoms with E-state index >= 15 is 0 Å². The zero-order valence-corrected chi connectivity index (χ0v) is 13.5. The molecule has 2 aromatic carbocycles. The first-order chi connectivity index (χ1) is 11.6. The van der Waals surface area contributed by atoms with Gasteiger partial charge in [-0.05, 0) is 36.2 Å². The van der Waals surface area contributed by atoms with E-state index in [1.54, 1.807) is 42.5 Å². The SMILES string of the molecule is O=C(NCC[C@@H](O)c1ccc2c(c1)OCO2)Nc1ccccc1Cl. The fraction of sp³-hybridized carbons (Fsp3) is 0.235. The minimum absolute atomic E-state index is 0.193. The maximum atomic E-state index is 11.8. The van der Waals surface area contributed by atoms with Crippen molar-refractivity contribution in [3.63, 3.8) is 0 Å². The van der Waals surface area contributed by atoms with Gasteiger partial charge in [0.05, 0.1) is 16.8 Å². The van der Waals surface area contributed by atoms with Gasteiger partial charge in [-0.2, -0.15) is 0 Å². The summed E-state index contributed by atoms with van der Waals surface area (Å²) in [5, 5.41) is 16.0. The van der Waals surface area contributed by atoms with Crippen molar-refractivity contribution in [2.75, 3.05) is 18.7 Å². The highest BCUT2D eigenvalue weighted by atomic mass is 35.5. The van der Waals surface area contributed by atoms with Crippen LogP contribution in [-0.4, -0.2) is 24.5 Å². The highest BCUT2D eigenvalue weighted by molar-refractivity contribution is 6.33. The van der Waals surface area contributed by atoms with Crippen LogP contribution in [0.3, 0.4) is 0 Å². The van der Waals surface area contributed by atoms with Gasteiger partial charge in [-0.3, -0.25) is 0 Å². The third-order valence-electron chi connectivity index (χ3n) is 3.61. The third kappa shape index (κ3) is 3.90. The summed E-state index contributed by atoms with van der Waals surface area (Å²) in [4.78, 5) is 11.8. The van der Waals surface area contributed by atoms with Crippen molar-refractivity contribution < 1.29 is 19.4 Å². The number of aliphatic hydroxyl groups is 1. The first-order valence-electron chi connectivity index (χ1n) is 7.50. The Morgan fingerprint density at radius 2 is 2.00 bits per heavy atom. The Morgan fingerprint density at radius 1 is 1.21 bits per heavy atom. The summed E-state index contributed by atoms with van der Waals surface area (Å²) in [5.41, 5.74) is 1.25. The first kappa shape index (κ1) is 16.4. The van der Waals surface area contributed by atoms with Gasteiger partial charge >= 0.3 is 6.03 Å². The lowest BCUT2D eigenvalue weighted by atomic mass is 10.1. The molecule has 1 aliphatic rings. The number of para-hydroxylation sites is 1. The lowest BCUT2D eigenvalue weighted by Gasteiger charge is -2.13. The van der Waals surface area contributed by atoms with Gasteiger partial charge in [-0.1, -0.05) is 29.8 Å². The normalized spacial score (nSPS) is 13.4. The molecule has 0 fully saturated rings. The van der Waals surface area contributed by atoms with E-state index in [1.165, 1.54) is 0 Å². The number of nitrogens with one attached hydrogen (secondary N) is 2. The number of benzene rings is 2. The van der Waals surface area contributed by atoms with Crippen LogP contribution in [0.5, 0.6) is 11.5 Å². The molecule has 3 rings (SSSR count).